The third-order valence-electron chi connectivity index (χ3n) is 5.95. The predicted octanol–water partition coefficient (Wildman–Crippen LogP) is 3.86. The van der Waals surface area contributed by atoms with Crippen molar-refractivity contribution < 1.29 is 9.47 Å². The molecule has 0 radical (unpaired) electrons. The molecule has 1 aliphatic heterocycles. The van der Waals surface area contributed by atoms with Crippen LogP contribution in [0.15, 0.2) is 42.7 Å². The second-order valence-electron chi connectivity index (χ2n) is 9.08. The van der Waals surface area contributed by atoms with E-state index in [0.717, 1.165) is 23.4 Å². The SMILES string of the molecule is COc1ncccc1Nc1nccc(-c2cc(C#N)c3c(c2)C(C)(COCCNC(C)C)CN3)n1. The van der Waals surface area contributed by atoms with Gasteiger partial charge in [0.2, 0.25) is 11.8 Å². The van der Waals surface area contributed by atoms with Crippen LogP contribution in [0.2, 0.25) is 0 Å². The maximum absolute atomic E-state index is 9.85. The van der Waals surface area contributed by atoms with E-state index in [2.05, 4.69) is 58.8 Å². The molecule has 0 bridgehead atoms. The Labute approximate surface area is 205 Å². The lowest BCUT2D eigenvalue weighted by molar-refractivity contribution is 0.0957. The molecule has 2 aromatic heterocycles. The van der Waals surface area contributed by atoms with Gasteiger partial charge in [0.1, 0.15) is 11.8 Å². The summed E-state index contributed by atoms with van der Waals surface area (Å²) in [5.41, 5.74) is 4.48. The van der Waals surface area contributed by atoms with Crippen molar-refractivity contribution in [1.29, 1.82) is 5.26 Å². The van der Waals surface area contributed by atoms with Gasteiger partial charge in [-0.3, -0.25) is 0 Å². The fourth-order valence-corrected chi connectivity index (χ4v) is 4.12. The molecular formula is C26H31N7O2. The van der Waals surface area contributed by atoms with Crippen LogP contribution in [-0.2, 0) is 10.2 Å². The van der Waals surface area contributed by atoms with Crippen LogP contribution in [0.25, 0.3) is 11.3 Å². The first-order chi connectivity index (χ1) is 16.9. The van der Waals surface area contributed by atoms with Crippen molar-refractivity contribution in [1.82, 2.24) is 20.3 Å². The zero-order valence-electron chi connectivity index (χ0n) is 20.6. The van der Waals surface area contributed by atoms with E-state index in [-0.39, 0.29) is 5.41 Å². The molecule has 0 amide bonds. The highest BCUT2D eigenvalue weighted by atomic mass is 16.5. The van der Waals surface area contributed by atoms with Crippen molar-refractivity contribution >= 4 is 17.3 Å². The average Bonchev–Trinajstić information content (AvgIpc) is 3.20. The Hall–Kier alpha value is -3.74. The van der Waals surface area contributed by atoms with E-state index in [0.29, 0.717) is 54.6 Å². The molecule has 182 valence electrons. The van der Waals surface area contributed by atoms with E-state index in [1.165, 1.54) is 0 Å². The summed E-state index contributed by atoms with van der Waals surface area (Å²) in [6.07, 6.45) is 3.35. The zero-order chi connectivity index (χ0) is 24.8. The third-order valence-corrected chi connectivity index (χ3v) is 5.95. The van der Waals surface area contributed by atoms with Crippen molar-refractivity contribution in [2.24, 2.45) is 0 Å². The standard InChI is InChI=1S/C26H31N7O2/c1-17(2)28-10-11-35-16-26(3)15-31-23-19(14-27)12-18(13-20(23)26)21-7-9-30-25(32-21)33-22-6-5-8-29-24(22)34-4/h5-9,12-13,17,28,31H,10-11,15-16H2,1-4H3,(H,30,32,33). The number of pyridine rings is 1. The average molecular weight is 474 g/mol. The minimum Gasteiger partial charge on any atom is -0.480 e. The first-order valence-corrected chi connectivity index (χ1v) is 11.7. The quantitative estimate of drug-likeness (QED) is 0.377. The lowest BCUT2D eigenvalue weighted by atomic mass is 9.83. The molecule has 0 spiro atoms. The number of benzene rings is 1. The molecule has 3 heterocycles. The Morgan fingerprint density at radius 1 is 1.23 bits per heavy atom. The van der Waals surface area contributed by atoms with E-state index in [1.807, 2.05) is 24.3 Å². The number of rotatable bonds is 10. The molecule has 35 heavy (non-hydrogen) atoms. The van der Waals surface area contributed by atoms with Gasteiger partial charge in [0.25, 0.3) is 0 Å². The molecule has 0 saturated carbocycles. The molecule has 1 aliphatic rings. The molecule has 1 atom stereocenters. The summed E-state index contributed by atoms with van der Waals surface area (Å²) < 4.78 is 11.3. The fourth-order valence-electron chi connectivity index (χ4n) is 4.12. The number of nitrogens with zero attached hydrogens (tertiary/aromatic N) is 4. The number of fused-ring (bicyclic) bond motifs is 1. The maximum atomic E-state index is 9.85. The van der Waals surface area contributed by atoms with Crippen LogP contribution in [0.3, 0.4) is 0 Å². The maximum Gasteiger partial charge on any atom is 0.237 e. The summed E-state index contributed by atoms with van der Waals surface area (Å²) in [6, 6.07) is 12.2. The van der Waals surface area contributed by atoms with E-state index in [4.69, 9.17) is 14.5 Å². The molecule has 3 aromatic rings. The minimum absolute atomic E-state index is 0.258. The van der Waals surface area contributed by atoms with Crippen LogP contribution in [0, 0.1) is 11.3 Å². The van der Waals surface area contributed by atoms with Crippen molar-refractivity contribution in [2.75, 3.05) is 44.0 Å². The first-order valence-electron chi connectivity index (χ1n) is 11.7. The van der Waals surface area contributed by atoms with Gasteiger partial charge < -0.3 is 25.4 Å². The van der Waals surface area contributed by atoms with Gasteiger partial charge in [0.05, 0.1) is 37.3 Å². The Bertz CT molecular complexity index is 1220. The summed E-state index contributed by atoms with van der Waals surface area (Å²) in [5, 5.41) is 19.8. The Kier molecular flexibility index (Phi) is 7.44. The topological polar surface area (TPSA) is 117 Å². The molecular weight excluding hydrogens is 442 g/mol. The molecule has 3 N–H and O–H groups in total. The first kappa shape index (κ1) is 24.4. The van der Waals surface area contributed by atoms with Gasteiger partial charge >= 0.3 is 0 Å². The van der Waals surface area contributed by atoms with Gasteiger partial charge in [0.15, 0.2) is 0 Å². The number of anilines is 3. The van der Waals surface area contributed by atoms with Gasteiger partial charge in [-0.25, -0.2) is 15.0 Å². The van der Waals surface area contributed by atoms with Gasteiger partial charge in [-0.1, -0.05) is 20.8 Å². The van der Waals surface area contributed by atoms with E-state index < -0.39 is 0 Å². The van der Waals surface area contributed by atoms with Crippen LogP contribution < -0.4 is 20.7 Å². The van der Waals surface area contributed by atoms with Crippen LogP contribution in [0.1, 0.15) is 31.9 Å². The second kappa shape index (κ2) is 10.7. The number of nitrogens with one attached hydrogen (secondary N) is 3. The van der Waals surface area contributed by atoms with Crippen LogP contribution in [0.4, 0.5) is 17.3 Å². The Balaban J connectivity index is 1.59. The molecule has 0 saturated heterocycles. The molecule has 1 aromatic carbocycles. The van der Waals surface area contributed by atoms with Crippen LogP contribution in [-0.4, -0.2) is 54.4 Å². The lowest BCUT2D eigenvalue weighted by Gasteiger charge is -2.25. The number of hydrogen-bond donors (Lipinski definition) is 3. The summed E-state index contributed by atoms with van der Waals surface area (Å²) in [7, 11) is 1.56. The monoisotopic (exact) mass is 473 g/mol. The van der Waals surface area contributed by atoms with E-state index >= 15 is 0 Å². The number of methoxy groups -OCH3 is 1. The van der Waals surface area contributed by atoms with Crippen molar-refractivity contribution in [3.8, 4) is 23.2 Å². The van der Waals surface area contributed by atoms with Crippen molar-refractivity contribution in [3.05, 3.63) is 53.9 Å². The fraction of sp³-hybridized carbons (Fsp3) is 0.385. The highest BCUT2D eigenvalue weighted by Gasteiger charge is 2.36. The van der Waals surface area contributed by atoms with Crippen LogP contribution >= 0.6 is 0 Å². The number of aromatic nitrogens is 3. The van der Waals surface area contributed by atoms with Gasteiger partial charge in [-0.05, 0) is 35.9 Å². The number of hydrogen-bond acceptors (Lipinski definition) is 9. The van der Waals surface area contributed by atoms with Crippen molar-refractivity contribution in [2.45, 2.75) is 32.2 Å². The zero-order valence-corrected chi connectivity index (χ0v) is 20.6. The van der Waals surface area contributed by atoms with Crippen molar-refractivity contribution in [3.63, 3.8) is 0 Å². The largest absolute Gasteiger partial charge is 0.480 e. The highest BCUT2D eigenvalue weighted by Crippen LogP contribution is 2.41. The third kappa shape index (κ3) is 5.50. The Morgan fingerprint density at radius 3 is 2.86 bits per heavy atom. The molecule has 1 unspecified atom stereocenters. The van der Waals surface area contributed by atoms with Crippen LogP contribution in [0.5, 0.6) is 5.88 Å². The molecule has 9 heteroatoms. The normalized spacial score (nSPS) is 16.5. The number of nitriles is 1. The molecule has 0 aliphatic carbocycles. The van der Waals surface area contributed by atoms with Gasteiger partial charge in [-0.15, -0.1) is 0 Å². The summed E-state index contributed by atoms with van der Waals surface area (Å²) in [6.45, 7) is 9.08. The smallest absolute Gasteiger partial charge is 0.237 e. The number of ether oxygens (including phenoxy) is 2. The van der Waals surface area contributed by atoms with Gasteiger partial charge in [-0.2, -0.15) is 5.26 Å². The molecule has 0 fully saturated rings. The Morgan fingerprint density at radius 2 is 2.09 bits per heavy atom. The summed E-state index contributed by atoms with van der Waals surface area (Å²) in [4.78, 5) is 13.2. The highest BCUT2D eigenvalue weighted by molar-refractivity contribution is 5.76. The van der Waals surface area contributed by atoms with E-state index in [9.17, 15) is 5.26 Å². The molecule has 9 nitrogen and oxygen atoms in total. The summed E-state index contributed by atoms with van der Waals surface area (Å²) >= 11 is 0. The summed E-state index contributed by atoms with van der Waals surface area (Å²) in [5.74, 6) is 0.867. The molecule has 4 rings (SSSR count). The van der Waals surface area contributed by atoms with E-state index in [1.54, 1.807) is 19.5 Å². The minimum atomic E-state index is -0.258. The van der Waals surface area contributed by atoms with Gasteiger partial charge in [0, 0.05) is 42.5 Å². The second-order valence-corrected chi connectivity index (χ2v) is 9.08. The lowest BCUT2D eigenvalue weighted by Crippen LogP contribution is -2.33. The predicted molar refractivity (Wildman–Crippen MR) is 136 cm³/mol.